The van der Waals surface area contributed by atoms with Gasteiger partial charge in [-0.3, -0.25) is 4.98 Å². The van der Waals surface area contributed by atoms with E-state index in [4.69, 9.17) is 0 Å². The Labute approximate surface area is 97.0 Å². The number of nitrogens with zero attached hydrogens (tertiary/aromatic N) is 2. The number of pyridine rings is 1. The summed E-state index contributed by atoms with van der Waals surface area (Å²) in [5.74, 6) is 0. The molecule has 4 heteroatoms. The van der Waals surface area contributed by atoms with E-state index in [2.05, 4.69) is 15.0 Å². The summed E-state index contributed by atoms with van der Waals surface area (Å²) in [5.41, 5.74) is 1.73. The Morgan fingerprint density at radius 3 is 2.65 bits per heavy atom. The van der Waals surface area contributed by atoms with Crippen LogP contribution in [-0.4, -0.2) is 15.0 Å². The zero-order valence-corrected chi connectivity index (χ0v) is 8.92. The minimum atomic E-state index is -0.357. The molecule has 0 saturated heterocycles. The molecule has 1 N–H and O–H groups in total. The molecule has 17 heavy (non-hydrogen) atoms. The molecule has 2 heterocycles. The monoisotopic (exact) mass is 223 g/mol. The first-order chi connectivity index (χ1) is 8.34. The van der Waals surface area contributed by atoms with E-state index in [1.165, 1.54) is 0 Å². The summed E-state index contributed by atoms with van der Waals surface area (Å²) in [6.45, 7) is 0. The molecule has 0 atom stereocenters. The van der Waals surface area contributed by atoms with E-state index in [0.29, 0.717) is 11.4 Å². The molecule has 3 rings (SSSR count). The molecule has 0 aliphatic rings. The molecular formula is C13H9N3O. The Morgan fingerprint density at radius 2 is 1.82 bits per heavy atom. The molecule has 0 aliphatic heterocycles. The summed E-state index contributed by atoms with van der Waals surface area (Å²) in [5, 5.41) is 0.894. The standard InChI is InChI=1S/C13H9N3O/c17-13-15-10-6-2-1-5-9(10)12(16-13)11-7-3-4-8-14-11/h1-8H,(H,15,16,17). The number of fused-ring (bicyclic) bond motifs is 1. The maximum atomic E-state index is 11.5. The van der Waals surface area contributed by atoms with Gasteiger partial charge in [-0.2, -0.15) is 4.98 Å². The van der Waals surface area contributed by atoms with Crippen LogP contribution >= 0.6 is 0 Å². The smallest absolute Gasteiger partial charge is 0.305 e. The van der Waals surface area contributed by atoms with E-state index in [1.54, 1.807) is 6.20 Å². The van der Waals surface area contributed by atoms with Gasteiger partial charge >= 0.3 is 5.69 Å². The van der Waals surface area contributed by atoms with Crippen molar-refractivity contribution in [3.63, 3.8) is 0 Å². The minimum Gasteiger partial charge on any atom is -0.305 e. The van der Waals surface area contributed by atoms with Gasteiger partial charge < -0.3 is 4.98 Å². The predicted molar refractivity (Wildman–Crippen MR) is 65.6 cm³/mol. The highest BCUT2D eigenvalue weighted by atomic mass is 16.1. The third-order valence-electron chi connectivity index (χ3n) is 2.54. The van der Waals surface area contributed by atoms with Gasteiger partial charge in [0.1, 0.15) is 5.69 Å². The Hall–Kier alpha value is -2.49. The van der Waals surface area contributed by atoms with Crippen LogP contribution < -0.4 is 5.69 Å². The second-order valence-electron chi connectivity index (χ2n) is 3.65. The lowest BCUT2D eigenvalue weighted by Crippen LogP contribution is -2.11. The third kappa shape index (κ3) is 1.69. The second-order valence-corrected chi connectivity index (χ2v) is 3.65. The molecule has 3 aromatic rings. The molecular weight excluding hydrogens is 214 g/mol. The quantitative estimate of drug-likeness (QED) is 0.686. The summed E-state index contributed by atoms with van der Waals surface area (Å²) < 4.78 is 0. The molecule has 1 aromatic carbocycles. The van der Waals surface area contributed by atoms with Crippen LogP contribution in [0.3, 0.4) is 0 Å². The molecule has 0 radical (unpaired) electrons. The maximum Gasteiger partial charge on any atom is 0.346 e. The summed E-state index contributed by atoms with van der Waals surface area (Å²) in [7, 11) is 0. The highest BCUT2D eigenvalue weighted by Gasteiger charge is 2.07. The number of hydrogen-bond acceptors (Lipinski definition) is 3. The average Bonchev–Trinajstić information content (AvgIpc) is 2.39. The first-order valence-corrected chi connectivity index (χ1v) is 5.25. The highest BCUT2D eigenvalue weighted by molar-refractivity contribution is 5.90. The second kappa shape index (κ2) is 3.83. The van der Waals surface area contributed by atoms with Gasteiger partial charge in [-0.25, -0.2) is 4.79 Å². The van der Waals surface area contributed by atoms with Gasteiger partial charge in [-0.15, -0.1) is 0 Å². The van der Waals surface area contributed by atoms with Crippen molar-refractivity contribution in [1.82, 2.24) is 15.0 Å². The van der Waals surface area contributed by atoms with Gasteiger partial charge in [0, 0.05) is 11.6 Å². The molecule has 0 amide bonds. The maximum absolute atomic E-state index is 11.5. The van der Waals surface area contributed by atoms with Crippen LogP contribution in [0.1, 0.15) is 0 Å². The number of nitrogens with one attached hydrogen (secondary N) is 1. The van der Waals surface area contributed by atoms with Gasteiger partial charge in [-0.05, 0) is 18.2 Å². The molecule has 0 bridgehead atoms. The summed E-state index contributed by atoms with van der Waals surface area (Å²) in [6.07, 6.45) is 1.69. The van der Waals surface area contributed by atoms with E-state index >= 15 is 0 Å². The number of rotatable bonds is 1. The topological polar surface area (TPSA) is 58.6 Å². The van der Waals surface area contributed by atoms with E-state index in [0.717, 1.165) is 10.9 Å². The lowest BCUT2D eigenvalue weighted by Gasteiger charge is -2.03. The van der Waals surface area contributed by atoms with Crippen molar-refractivity contribution in [3.8, 4) is 11.4 Å². The van der Waals surface area contributed by atoms with Gasteiger partial charge in [0.25, 0.3) is 0 Å². The van der Waals surface area contributed by atoms with Crippen molar-refractivity contribution in [1.29, 1.82) is 0 Å². The Bertz CT molecular complexity index is 719. The van der Waals surface area contributed by atoms with Crippen LogP contribution in [0.4, 0.5) is 0 Å². The van der Waals surface area contributed by atoms with Crippen molar-refractivity contribution < 1.29 is 0 Å². The summed E-state index contributed by atoms with van der Waals surface area (Å²) >= 11 is 0. The largest absolute Gasteiger partial charge is 0.346 e. The van der Waals surface area contributed by atoms with Crippen LogP contribution in [0.2, 0.25) is 0 Å². The Balaban J connectivity index is 2.40. The van der Waals surface area contributed by atoms with Crippen molar-refractivity contribution in [2.24, 2.45) is 0 Å². The van der Waals surface area contributed by atoms with Gasteiger partial charge in [0.15, 0.2) is 0 Å². The fourth-order valence-electron chi connectivity index (χ4n) is 1.80. The summed E-state index contributed by atoms with van der Waals surface area (Å²) in [4.78, 5) is 22.4. The van der Waals surface area contributed by atoms with Gasteiger partial charge in [0.05, 0.1) is 11.2 Å². The van der Waals surface area contributed by atoms with E-state index < -0.39 is 0 Å². The van der Waals surface area contributed by atoms with Crippen LogP contribution in [0.5, 0.6) is 0 Å². The number of aromatic nitrogens is 3. The SMILES string of the molecule is O=c1nc(-c2ccccn2)c2ccccc2[nH]1. The Morgan fingerprint density at radius 1 is 1.00 bits per heavy atom. The molecule has 0 saturated carbocycles. The van der Waals surface area contributed by atoms with Crippen LogP contribution in [-0.2, 0) is 0 Å². The Kier molecular flexibility index (Phi) is 2.19. The first kappa shape index (κ1) is 9.72. The van der Waals surface area contributed by atoms with E-state index in [-0.39, 0.29) is 5.69 Å². The number of para-hydroxylation sites is 1. The molecule has 0 spiro atoms. The lowest BCUT2D eigenvalue weighted by molar-refractivity contribution is 1.11. The number of benzene rings is 1. The van der Waals surface area contributed by atoms with Gasteiger partial charge in [-0.1, -0.05) is 24.3 Å². The molecule has 2 aromatic heterocycles. The number of aromatic amines is 1. The number of hydrogen-bond donors (Lipinski definition) is 1. The normalized spacial score (nSPS) is 10.6. The zero-order chi connectivity index (χ0) is 11.7. The molecule has 4 nitrogen and oxygen atoms in total. The van der Waals surface area contributed by atoms with E-state index in [1.807, 2.05) is 42.5 Å². The minimum absolute atomic E-state index is 0.357. The predicted octanol–water partition coefficient (Wildman–Crippen LogP) is 1.99. The van der Waals surface area contributed by atoms with E-state index in [9.17, 15) is 4.79 Å². The first-order valence-electron chi connectivity index (χ1n) is 5.25. The van der Waals surface area contributed by atoms with Crippen LogP contribution in [0, 0.1) is 0 Å². The highest BCUT2D eigenvalue weighted by Crippen LogP contribution is 2.21. The average molecular weight is 223 g/mol. The number of H-pyrrole nitrogens is 1. The zero-order valence-electron chi connectivity index (χ0n) is 8.92. The lowest BCUT2D eigenvalue weighted by atomic mass is 10.1. The molecule has 82 valence electrons. The molecule has 0 fully saturated rings. The fourth-order valence-corrected chi connectivity index (χ4v) is 1.80. The van der Waals surface area contributed by atoms with Crippen molar-refractivity contribution >= 4 is 10.9 Å². The summed E-state index contributed by atoms with van der Waals surface area (Å²) in [6, 6.07) is 13.1. The van der Waals surface area contributed by atoms with Crippen molar-refractivity contribution in [2.75, 3.05) is 0 Å². The fraction of sp³-hybridized carbons (Fsp3) is 0. The van der Waals surface area contributed by atoms with Crippen LogP contribution in [0.15, 0.2) is 53.5 Å². The van der Waals surface area contributed by atoms with Crippen molar-refractivity contribution in [3.05, 3.63) is 59.1 Å². The third-order valence-corrected chi connectivity index (χ3v) is 2.54. The van der Waals surface area contributed by atoms with Crippen LogP contribution in [0.25, 0.3) is 22.3 Å². The van der Waals surface area contributed by atoms with Gasteiger partial charge in [0.2, 0.25) is 0 Å². The molecule has 0 aliphatic carbocycles. The molecule has 0 unspecified atom stereocenters. The van der Waals surface area contributed by atoms with Crippen molar-refractivity contribution in [2.45, 2.75) is 0 Å².